The summed E-state index contributed by atoms with van der Waals surface area (Å²) in [5.41, 5.74) is 6.78. The van der Waals surface area contributed by atoms with Gasteiger partial charge >= 0.3 is 0 Å². The van der Waals surface area contributed by atoms with Crippen LogP contribution in [0.1, 0.15) is 25.5 Å². The van der Waals surface area contributed by atoms with Gasteiger partial charge in [-0.3, -0.25) is 4.79 Å². The first-order valence-electron chi connectivity index (χ1n) is 5.75. The molecule has 2 N–H and O–H groups in total. The molecule has 0 fully saturated rings. The monoisotopic (exact) mass is 314 g/mol. The Bertz CT molecular complexity index is 433. The van der Waals surface area contributed by atoms with E-state index in [-0.39, 0.29) is 11.9 Å². The van der Waals surface area contributed by atoms with Crippen LogP contribution in [0.3, 0.4) is 0 Å². The van der Waals surface area contributed by atoms with Crippen LogP contribution < -0.4 is 10.5 Å². The minimum Gasteiger partial charge on any atom is -0.481 e. The highest BCUT2D eigenvalue weighted by molar-refractivity contribution is 9.10. The van der Waals surface area contributed by atoms with E-state index in [2.05, 4.69) is 15.9 Å². The van der Waals surface area contributed by atoms with Crippen LogP contribution in [0.4, 0.5) is 0 Å². The summed E-state index contributed by atoms with van der Waals surface area (Å²) in [6, 6.07) is 5.45. The number of carbonyl (C=O) groups is 1. The van der Waals surface area contributed by atoms with Gasteiger partial charge in [-0.25, -0.2) is 0 Å². The zero-order valence-corrected chi connectivity index (χ0v) is 12.7. The maximum atomic E-state index is 11.8. The number of likely N-dealkylation sites (N-methyl/N-ethyl adjacent to an activating group) is 1. The number of ether oxygens (including phenoxy) is 1. The highest BCUT2D eigenvalue weighted by Crippen LogP contribution is 2.28. The Morgan fingerprint density at radius 1 is 1.39 bits per heavy atom. The Labute approximate surface area is 116 Å². The molecule has 18 heavy (non-hydrogen) atoms. The number of hydrogen-bond donors (Lipinski definition) is 1. The number of nitrogens with zero attached hydrogens (tertiary/aromatic N) is 1. The van der Waals surface area contributed by atoms with E-state index in [1.54, 1.807) is 21.0 Å². The van der Waals surface area contributed by atoms with Gasteiger partial charge in [0.25, 0.3) is 5.91 Å². The van der Waals surface area contributed by atoms with E-state index in [4.69, 9.17) is 10.5 Å². The van der Waals surface area contributed by atoms with Crippen LogP contribution in [0.25, 0.3) is 0 Å². The third-order valence-corrected chi connectivity index (χ3v) is 3.05. The molecule has 1 unspecified atom stereocenters. The van der Waals surface area contributed by atoms with Gasteiger partial charge < -0.3 is 15.4 Å². The molecule has 1 rings (SSSR count). The molecule has 0 heterocycles. The summed E-state index contributed by atoms with van der Waals surface area (Å²) in [7, 11) is 3.41. The first kappa shape index (κ1) is 15.0. The number of rotatable bonds is 4. The van der Waals surface area contributed by atoms with E-state index in [1.165, 1.54) is 4.90 Å². The number of benzene rings is 1. The molecule has 0 aliphatic rings. The fourth-order valence-corrected chi connectivity index (χ4v) is 1.97. The highest BCUT2D eigenvalue weighted by Gasteiger charge is 2.19. The smallest absolute Gasteiger partial charge is 0.262 e. The van der Waals surface area contributed by atoms with E-state index in [0.717, 1.165) is 10.0 Å². The molecule has 0 aliphatic carbocycles. The molecule has 5 heteroatoms. The molecule has 0 saturated carbocycles. The van der Waals surface area contributed by atoms with Gasteiger partial charge in [-0.1, -0.05) is 15.9 Å². The van der Waals surface area contributed by atoms with Gasteiger partial charge in [-0.15, -0.1) is 0 Å². The predicted octanol–water partition coefficient (Wildman–Crippen LogP) is 2.32. The van der Waals surface area contributed by atoms with Crippen molar-refractivity contribution < 1.29 is 9.53 Å². The van der Waals surface area contributed by atoms with E-state index < -0.39 is 6.10 Å². The Morgan fingerprint density at radius 3 is 2.50 bits per heavy atom. The van der Waals surface area contributed by atoms with E-state index in [0.29, 0.717) is 5.75 Å². The molecule has 2 atom stereocenters. The van der Waals surface area contributed by atoms with Gasteiger partial charge in [-0.2, -0.15) is 0 Å². The third kappa shape index (κ3) is 3.71. The zero-order chi connectivity index (χ0) is 13.9. The Morgan fingerprint density at radius 2 is 2.00 bits per heavy atom. The Balaban J connectivity index is 2.94. The minimum atomic E-state index is -0.529. The summed E-state index contributed by atoms with van der Waals surface area (Å²) in [4.78, 5) is 13.3. The fraction of sp³-hybridized carbons (Fsp3) is 0.462. The molecule has 1 aromatic rings. The second-order valence-corrected chi connectivity index (χ2v) is 5.38. The number of hydrogen-bond acceptors (Lipinski definition) is 3. The Kier molecular flexibility index (Phi) is 5.16. The lowest BCUT2D eigenvalue weighted by molar-refractivity contribution is -0.135. The number of carbonyl (C=O) groups excluding carboxylic acids is 1. The van der Waals surface area contributed by atoms with Gasteiger partial charge in [0.2, 0.25) is 0 Å². The van der Waals surface area contributed by atoms with Crippen LogP contribution in [0.15, 0.2) is 22.7 Å². The summed E-state index contributed by atoms with van der Waals surface area (Å²) in [6.07, 6.45) is -0.529. The molecule has 0 bridgehead atoms. The van der Waals surface area contributed by atoms with Crippen molar-refractivity contribution in [3.05, 3.63) is 28.2 Å². The quantitative estimate of drug-likeness (QED) is 0.928. The van der Waals surface area contributed by atoms with Crippen molar-refractivity contribution in [1.82, 2.24) is 4.90 Å². The largest absolute Gasteiger partial charge is 0.481 e. The van der Waals surface area contributed by atoms with Crippen LogP contribution in [0.5, 0.6) is 5.75 Å². The minimum absolute atomic E-state index is 0.0754. The second kappa shape index (κ2) is 6.20. The summed E-state index contributed by atoms with van der Waals surface area (Å²) in [5.74, 6) is 0.574. The molecule has 0 saturated heterocycles. The summed E-state index contributed by atoms with van der Waals surface area (Å²) in [5, 5.41) is 0. The molecular formula is C13H19BrN2O2. The van der Waals surface area contributed by atoms with Crippen molar-refractivity contribution in [3.63, 3.8) is 0 Å². The van der Waals surface area contributed by atoms with Crippen LogP contribution in [-0.2, 0) is 4.79 Å². The average Bonchev–Trinajstić information content (AvgIpc) is 2.29. The first-order chi connectivity index (χ1) is 8.32. The molecular weight excluding hydrogens is 296 g/mol. The lowest BCUT2D eigenvalue weighted by Gasteiger charge is -2.21. The van der Waals surface area contributed by atoms with E-state index in [1.807, 2.05) is 25.1 Å². The van der Waals surface area contributed by atoms with Crippen molar-refractivity contribution in [2.45, 2.75) is 26.0 Å². The topological polar surface area (TPSA) is 55.6 Å². The molecule has 0 radical (unpaired) electrons. The van der Waals surface area contributed by atoms with Gasteiger partial charge in [0.15, 0.2) is 6.10 Å². The van der Waals surface area contributed by atoms with Crippen molar-refractivity contribution in [3.8, 4) is 5.75 Å². The third-order valence-electron chi connectivity index (χ3n) is 2.55. The molecule has 0 aromatic heterocycles. The number of amides is 1. The average molecular weight is 315 g/mol. The predicted molar refractivity (Wildman–Crippen MR) is 75.5 cm³/mol. The molecule has 0 spiro atoms. The van der Waals surface area contributed by atoms with Crippen molar-refractivity contribution in [1.29, 1.82) is 0 Å². The number of nitrogens with two attached hydrogens (primary N) is 1. The van der Waals surface area contributed by atoms with Gasteiger partial charge in [0.05, 0.1) is 0 Å². The van der Waals surface area contributed by atoms with Crippen LogP contribution in [0.2, 0.25) is 0 Å². The van der Waals surface area contributed by atoms with Crippen LogP contribution in [0, 0.1) is 0 Å². The van der Waals surface area contributed by atoms with Crippen molar-refractivity contribution in [2.75, 3.05) is 14.1 Å². The molecule has 4 nitrogen and oxygen atoms in total. The SMILES string of the molecule is CC(Oc1ccc(Br)cc1[C@@H](C)N)C(=O)N(C)C. The maximum absolute atomic E-state index is 11.8. The van der Waals surface area contributed by atoms with E-state index >= 15 is 0 Å². The van der Waals surface area contributed by atoms with Gasteiger partial charge in [0.1, 0.15) is 5.75 Å². The number of halogens is 1. The summed E-state index contributed by atoms with van der Waals surface area (Å²) in [6.45, 7) is 3.61. The highest BCUT2D eigenvalue weighted by atomic mass is 79.9. The Hall–Kier alpha value is -1.07. The molecule has 1 aromatic carbocycles. The van der Waals surface area contributed by atoms with Crippen LogP contribution >= 0.6 is 15.9 Å². The summed E-state index contributed by atoms with van der Waals surface area (Å²) < 4.78 is 6.63. The molecule has 1 amide bonds. The summed E-state index contributed by atoms with van der Waals surface area (Å²) >= 11 is 3.40. The zero-order valence-electron chi connectivity index (χ0n) is 11.1. The standard InChI is InChI=1S/C13H19BrN2O2/c1-8(15)11-7-10(14)5-6-12(11)18-9(2)13(17)16(3)4/h5-9H,15H2,1-4H3/t8-,9?/m1/s1. The van der Waals surface area contributed by atoms with Gasteiger partial charge in [-0.05, 0) is 32.0 Å². The second-order valence-electron chi connectivity index (χ2n) is 4.46. The molecule has 0 aliphatic heterocycles. The van der Waals surface area contributed by atoms with E-state index in [9.17, 15) is 4.79 Å². The van der Waals surface area contributed by atoms with Crippen molar-refractivity contribution in [2.24, 2.45) is 5.73 Å². The normalized spacial score (nSPS) is 13.9. The lowest BCUT2D eigenvalue weighted by atomic mass is 10.1. The van der Waals surface area contributed by atoms with Crippen molar-refractivity contribution >= 4 is 21.8 Å². The first-order valence-corrected chi connectivity index (χ1v) is 6.55. The lowest BCUT2D eigenvalue weighted by Crippen LogP contribution is -2.35. The fourth-order valence-electron chi connectivity index (χ4n) is 1.59. The van der Waals surface area contributed by atoms with Gasteiger partial charge in [0, 0.05) is 30.2 Å². The van der Waals surface area contributed by atoms with Crippen LogP contribution in [-0.4, -0.2) is 31.0 Å². The molecule has 100 valence electrons. The maximum Gasteiger partial charge on any atom is 0.262 e.